The Bertz CT molecular complexity index is 2840. The summed E-state index contributed by atoms with van der Waals surface area (Å²) in [6.45, 7) is 8.01. The zero-order valence-corrected chi connectivity index (χ0v) is 41.6. The maximum Gasteiger partial charge on any atom is 0.307 e. The van der Waals surface area contributed by atoms with E-state index >= 15 is 0 Å². The predicted molar refractivity (Wildman–Crippen MR) is 271 cm³/mol. The SMILES string of the molecule is Cc1c(COc2cc(OCc3cncc(C#N)c3)c(CN3CCC[C@H](C(=O)O)C3)cc2Cl)cccc1-c1cccc(COc2cc(OCc3cncc(C#N)c3)c(CN3CCC[C@H](C(=O)O)C3)cc2Cl)c1C. The number of halogens is 2. The van der Waals surface area contributed by atoms with Crippen LogP contribution in [0.3, 0.4) is 0 Å². The van der Waals surface area contributed by atoms with E-state index in [2.05, 4.69) is 57.9 Å². The van der Waals surface area contributed by atoms with Gasteiger partial charge in [0.25, 0.3) is 0 Å². The molecule has 16 heteroatoms. The molecule has 0 spiro atoms. The minimum absolute atomic E-state index is 0.142. The van der Waals surface area contributed by atoms with Crippen LogP contribution >= 0.6 is 23.2 Å². The van der Waals surface area contributed by atoms with Crippen molar-refractivity contribution < 1.29 is 38.7 Å². The molecule has 4 heterocycles. The molecule has 0 bridgehead atoms. The largest absolute Gasteiger partial charge is 0.488 e. The van der Waals surface area contributed by atoms with E-state index in [-0.39, 0.29) is 26.4 Å². The summed E-state index contributed by atoms with van der Waals surface area (Å²) in [6.07, 6.45) is 9.09. The molecule has 8 rings (SSSR count). The van der Waals surface area contributed by atoms with Gasteiger partial charge in [-0.25, -0.2) is 0 Å². The number of pyridine rings is 2. The summed E-state index contributed by atoms with van der Waals surface area (Å²) < 4.78 is 25.6. The fourth-order valence-corrected chi connectivity index (χ4v) is 9.81. The standard InChI is InChI=1S/C56H54Cl2N6O8/c1-35-43(33-71-53-19-51(69-31-39-15-37(21-59)23-61-25-39)45(17-49(53)57)29-63-13-5-9-41(27-63)55(65)66)7-3-11-47(35)48-12-4-8-44(36(48)2)34-72-54-20-52(70-32-40-16-38(22-60)24-62-26-40)46(18-50(54)58)30-64-14-6-10-42(28-64)56(67)68/h3-4,7-8,11-12,15-20,23-26,41-42H,5-6,9-10,13-14,27-34H2,1-2H3,(H,65,66)(H,67,68)/t41-,42-/m0/s1. The smallest absolute Gasteiger partial charge is 0.307 e. The highest BCUT2D eigenvalue weighted by Gasteiger charge is 2.28. The number of aromatic nitrogens is 2. The Labute approximate surface area is 428 Å². The molecule has 0 radical (unpaired) electrons. The van der Waals surface area contributed by atoms with Gasteiger partial charge in [0.2, 0.25) is 0 Å². The molecule has 0 saturated carbocycles. The van der Waals surface area contributed by atoms with Gasteiger partial charge in [-0.1, -0.05) is 59.6 Å². The Morgan fingerprint density at radius 1 is 0.597 bits per heavy atom. The Morgan fingerprint density at radius 3 is 1.42 bits per heavy atom. The molecule has 0 unspecified atom stereocenters. The van der Waals surface area contributed by atoms with Gasteiger partial charge in [-0.3, -0.25) is 29.4 Å². The van der Waals surface area contributed by atoms with E-state index in [1.807, 2.05) is 36.4 Å². The number of piperidine rings is 2. The molecule has 2 saturated heterocycles. The van der Waals surface area contributed by atoms with Crippen LogP contribution < -0.4 is 18.9 Å². The van der Waals surface area contributed by atoms with E-state index in [1.165, 1.54) is 12.4 Å². The van der Waals surface area contributed by atoms with Crippen molar-refractivity contribution in [3.63, 3.8) is 0 Å². The molecule has 370 valence electrons. The van der Waals surface area contributed by atoms with Crippen LogP contribution in [0.15, 0.2) is 97.6 Å². The summed E-state index contributed by atoms with van der Waals surface area (Å²) in [7, 11) is 0. The number of rotatable bonds is 19. The third-order valence-electron chi connectivity index (χ3n) is 13.3. The Balaban J connectivity index is 0.993. The number of hydrogen-bond donors (Lipinski definition) is 2. The van der Waals surface area contributed by atoms with Gasteiger partial charge in [0.05, 0.1) is 33.0 Å². The Kier molecular flexibility index (Phi) is 16.9. The number of likely N-dealkylation sites (tertiary alicyclic amines) is 2. The average Bonchev–Trinajstić information content (AvgIpc) is 3.38. The van der Waals surface area contributed by atoms with Gasteiger partial charge in [0.15, 0.2) is 0 Å². The molecule has 2 aliphatic rings. The van der Waals surface area contributed by atoms with Crippen LogP contribution in [0.4, 0.5) is 0 Å². The highest BCUT2D eigenvalue weighted by Crippen LogP contribution is 2.39. The first-order chi connectivity index (χ1) is 34.8. The van der Waals surface area contributed by atoms with Crippen molar-refractivity contribution in [2.45, 2.75) is 79.0 Å². The third-order valence-corrected chi connectivity index (χ3v) is 13.9. The summed E-state index contributed by atoms with van der Waals surface area (Å²) >= 11 is 13.9. The first-order valence-corrected chi connectivity index (χ1v) is 24.5. The number of aliphatic carboxylic acids is 2. The Hall–Kier alpha value is -7.20. The molecule has 2 N–H and O–H groups in total. The van der Waals surface area contributed by atoms with Crippen LogP contribution in [0.1, 0.15) is 81.3 Å². The first kappa shape index (κ1) is 51.2. The summed E-state index contributed by atoms with van der Waals surface area (Å²) in [6, 6.07) is 27.0. The van der Waals surface area contributed by atoms with Crippen molar-refractivity contribution in [3.8, 4) is 46.3 Å². The second-order valence-corrected chi connectivity index (χ2v) is 19.1. The van der Waals surface area contributed by atoms with Gasteiger partial charge in [-0.15, -0.1) is 0 Å². The maximum atomic E-state index is 11.9. The van der Waals surface area contributed by atoms with Gasteiger partial charge in [-0.2, -0.15) is 10.5 Å². The highest BCUT2D eigenvalue weighted by atomic mass is 35.5. The molecule has 0 aliphatic carbocycles. The lowest BCUT2D eigenvalue weighted by Crippen LogP contribution is -2.38. The molecule has 2 aromatic heterocycles. The normalized spacial score (nSPS) is 16.0. The van der Waals surface area contributed by atoms with Crippen molar-refractivity contribution in [1.29, 1.82) is 10.5 Å². The molecule has 6 aromatic rings. The fourth-order valence-electron chi connectivity index (χ4n) is 9.32. The summed E-state index contributed by atoms with van der Waals surface area (Å²) in [5.41, 5.74) is 9.82. The molecule has 2 atom stereocenters. The quantitative estimate of drug-likeness (QED) is 0.0779. The van der Waals surface area contributed by atoms with Crippen molar-refractivity contribution >= 4 is 35.1 Å². The van der Waals surface area contributed by atoms with Crippen molar-refractivity contribution in [2.75, 3.05) is 26.2 Å². The Morgan fingerprint density at radius 2 is 1.01 bits per heavy atom. The highest BCUT2D eigenvalue weighted by molar-refractivity contribution is 6.32. The lowest BCUT2D eigenvalue weighted by molar-refractivity contribution is -0.144. The van der Waals surface area contributed by atoms with Crippen LogP contribution in [0.5, 0.6) is 23.0 Å². The first-order valence-electron chi connectivity index (χ1n) is 23.8. The van der Waals surface area contributed by atoms with Gasteiger partial charge in [0, 0.05) is 85.4 Å². The molecular formula is C56H54Cl2N6O8. The number of nitriles is 2. The minimum atomic E-state index is -0.802. The van der Waals surface area contributed by atoms with Crippen LogP contribution in [0, 0.1) is 48.3 Å². The van der Waals surface area contributed by atoms with Crippen LogP contribution in [-0.2, 0) is 49.1 Å². The third kappa shape index (κ3) is 12.8. The van der Waals surface area contributed by atoms with Crippen molar-refractivity contribution in [3.05, 3.63) is 163 Å². The van der Waals surface area contributed by atoms with Crippen LogP contribution in [0.2, 0.25) is 10.0 Å². The summed E-state index contributed by atoms with van der Waals surface area (Å²) in [5.74, 6) is -0.594. The number of nitrogens with zero attached hydrogens (tertiary/aromatic N) is 6. The summed E-state index contributed by atoms with van der Waals surface area (Å²) in [4.78, 5) is 36.3. The average molecular weight is 1010 g/mol. The van der Waals surface area contributed by atoms with Gasteiger partial charge < -0.3 is 29.2 Å². The number of carbonyl (C=O) groups is 2. The maximum absolute atomic E-state index is 11.9. The van der Waals surface area contributed by atoms with Gasteiger partial charge in [0.1, 0.15) is 61.6 Å². The second-order valence-electron chi connectivity index (χ2n) is 18.3. The van der Waals surface area contributed by atoms with E-state index < -0.39 is 23.8 Å². The van der Waals surface area contributed by atoms with Gasteiger partial charge in [-0.05, 0) is 110 Å². The van der Waals surface area contributed by atoms with E-state index in [0.29, 0.717) is 94.3 Å². The number of carboxylic acids is 2. The molecule has 0 amide bonds. The predicted octanol–water partition coefficient (Wildman–Crippen LogP) is 10.7. The van der Waals surface area contributed by atoms with Crippen LogP contribution in [-0.4, -0.2) is 68.1 Å². The number of hydrogen-bond acceptors (Lipinski definition) is 12. The second kappa shape index (κ2) is 23.8. The number of carboxylic acid groups (broad SMARTS) is 2. The van der Waals surface area contributed by atoms with Crippen molar-refractivity contribution in [1.82, 2.24) is 19.8 Å². The molecular weight excluding hydrogens is 956 g/mol. The lowest BCUT2D eigenvalue weighted by atomic mass is 9.92. The van der Waals surface area contributed by atoms with E-state index in [4.69, 9.17) is 42.1 Å². The fraction of sp³-hybridized carbons (Fsp3) is 0.321. The van der Waals surface area contributed by atoms with Gasteiger partial charge >= 0.3 is 11.9 Å². The minimum Gasteiger partial charge on any atom is -0.488 e. The van der Waals surface area contributed by atoms with Crippen LogP contribution in [0.25, 0.3) is 11.1 Å². The monoisotopic (exact) mass is 1010 g/mol. The molecule has 2 fully saturated rings. The zero-order valence-electron chi connectivity index (χ0n) is 40.1. The molecule has 2 aliphatic heterocycles. The van der Waals surface area contributed by atoms with E-state index in [9.17, 15) is 30.3 Å². The molecule has 72 heavy (non-hydrogen) atoms. The molecule has 14 nitrogen and oxygen atoms in total. The van der Waals surface area contributed by atoms with E-state index in [1.54, 1.807) is 36.7 Å². The number of benzene rings is 4. The molecule has 4 aromatic carbocycles. The number of ether oxygens (including phenoxy) is 4. The lowest BCUT2D eigenvalue weighted by Gasteiger charge is -2.31. The topological polar surface area (TPSA) is 191 Å². The van der Waals surface area contributed by atoms with E-state index in [0.717, 1.165) is 70.4 Å². The van der Waals surface area contributed by atoms with Crippen molar-refractivity contribution in [2.24, 2.45) is 11.8 Å². The summed E-state index contributed by atoms with van der Waals surface area (Å²) in [5, 5.41) is 39.1. The zero-order chi connectivity index (χ0) is 50.7.